The van der Waals surface area contributed by atoms with E-state index in [2.05, 4.69) is 65.0 Å². The van der Waals surface area contributed by atoms with Gasteiger partial charge in [-0.15, -0.1) is 0 Å². The Hall–Kier alpha value is 2.07. The number of rotatable bonds is 3. The van der Waals surface area contributed by atoms with Gasteiger partial charge in [-0.2, -0.15) is 0 Å². The van der Waals surface area contributed by atoms with Crippen LogP contribution < -0.4 is 11.5 Å². The Labute approximate surface area is 94.1 Å². The molecule has 0 aliphatic heterocycles. The Morgan fingerprint density at radius 2 is 2.00 bits per heavy atom. The predicted molar refractivity (Wildman–Crippen MR) is 52.2 cm³/mol. The van der Waals surface area contributed by atoms with Crippen molar-refractivity contribution in [3.8, 4) is 0 Å². The van der Waals surface area contributed by atoms with Gasteiger partial charge in [0.05, 0.1) is 0 Å². The average Bonchev–Trinajstić information content (AvgIpc) is 1.59. The number of hydrogen-bond acceptors (Lipinski definition) is 2. The average molecular weight is 534 g/mol. The summed E-state index contributed by atoms with van der Waals surface area (Å²) in [5.74, 6) is 0. The van der Waals surface area contributed by atoms with E-state index >= 15 is 0 Å². The quantitative estimate of drug-likeness (QED) is 0.324. The fourth-order valence-electron chi connectivity index (χ4n) is 0.321. The van der Waals surface area contributed by atoms with Crippen LogP contribution in [0.3, 0.4) is 0 Å². The first-order valence-corrected chi connectivity index (χ1v) is 5.91. The Bertz CT molecular complexity index is 81.1. The molecule has 0 aromatic carbocycles. The zero-order valence-electron chi connectivity index (χ0n) is 4.72. The third-order valence-electron chi connectivity index (χ3n) is 0.736. The van der Waals surface area contributed by atoms with E-state index in [-0.39, 0.29) is 5.98 Å². The van der Waals surface area contributed by atoms with Crippen molar-refractivity contribution in [1.82, 2.24) is 0 Å². The summed E-state index contributed by atoms with van der Waals surface area (Å²) in [6.45, 7) is 0. The minimum absolute atomic E-state index is 0.112. The van der Waals surface area contributed by atoms with E-state index in [0.717, 1.165) is 12.8 Å². The van der Waals surface area contributed by atoms with Gasteiger partial charge in [0.1, 0.15) is 0 Å². The Balaban J connectivity index is 3.28. The molecule has 0 aromatic heterocycles. The number of halogens is 2. The van der Waals surface area contributed by atoms with Crippen molar-refractivity contribution >= 4 is 45.2 Å². The van der Waals surface area contributed by atoms with E-state index < -0.39 is 0 Å². The van der Waals surface area contributed by atoms with Gasteiger partial charge in [0.15, 0.2) is 0 Å². The van der Waals surface area contributed by atoms with Gasteiger partial charge < -0.3 is 0 Å². The van der Waals surface area contributed by atoms with E-state index in [1.807, 2.05) is 0 Å². The molecule has 1 atom stereocenters. The maximum absolute atomic E-state index is 5.70. The Morgan fingerprint density at radius 3 is 2.11 bits per heavy atom. The summed E-state index contributed by atoms with van der Waals surface area (Å²) in [6, 6.07) is 0. The van der Waals surface area contributed by atoms with E-state index in [9.17, 15) is 0 Å². The van der Waals surface area contributed by atoms with Crippen molar-refractivity contribution in [2.24, 2.45) is 11.5 Å². The van der Waals surface area contributed by atoms with Crippen LogP contribution in [0.25, 0.3) is 0 Å². The molecule has 2 nitrogen and oxygen atoms in total. The molecule has 1 unspecified atom stereocenters. The number of nitrogens with two attached hydrogens (primary N) is 2. The predicted octanol–water partition coefficient (Wildman–Crippen LogP) is 1.08. The monoisotopic (exact) mass is 534 g/mol. The summed E-state index contributed by atoms with van der Waals surface area (Å²) in [5.41, 5.74) is 11.2. The van der Waals surface area contributed by atoms with Crippen molar-refractivity contribution in [1.29, 1.82) is 0 Å². The first-order valence-electron chi connectivity index (χ1n) is 2.44. The van der Waals surface area contributed by atoms with Crippen LogP contribution in [-0.2, 0) is 19.8 Å². The molecule has 5 heteroatoms. The Morgan fingerprint density at radius 1 is 1.56 bits per heavy atom. The topological polar surface area (TPSA) is 52.0 Å². The summed E-state index contributed by atoms with van der Waals surface area (Å²) in [4.78, 5) is 0. The van der Waals surface area contributed by atoms with Gasteiger partial charge in [0.25, 0.3) is 0 Å². The van der Waals surface area contributed by atoms with Gasteiger partial charge in [0.2, 0.25) is 0 Å². The fraction of sp³-hybridized carbons (Fsp3) is 1.00. The molecular weight excluding hydrogens is 525 g/mol. The molecule has 0 spiro atoms. The molecule has 0 fully saturated rings. The summed E-state index contributed by atoms with van der Waals surface area (Å²) >= 11 is 6.61. The molecule has 0 bridgehead atoms. The van der Waals surface area contributed by atoms with Crippen molar-refractivity contribution in [2.45, 2.75) is 18.8 Å². The first-order chi connectivity index (χ1) is 3.92. The van der Waals surface area contributed by atoms with Crippen LogP contribution in [0.4, 0.5) is 0 Å². The fourth-order valence-corrected chi connectivity index (χ4v) is 1.27. The molecular formula is C4H9I2N2Pt. The second-order valence-electron chi connectivity index (χ2n) is 1.77. The van der Waals surface area contributed by atoms with Gasteiger partial charge in [-0.25, -0.2) is 0 Å². The van der Waals surface area contributed by atoms with E-state index in [1.165, 1.54) is 0 Å². The van der Waals surface area contributed by atoms with Gasteiger partial charge in [-0.05, 0) is 0 Å². The molecule has 0 aromatic rings. The normalized spacial score (nSPS) is 15.8. The Kier molecular flexibility index (Phi) is 5.96. The summed E-state index contributed by atoms with van der Waals surface area (Å²) in [6.07, 6.45) is 1.96. The second-order valence-corrected chi connectivity index (χ2v) is 9.37. The van der Waals surface area contributed by atoms with Gasteiger partial charge in [0, 0.05) is 0 Å². The zero-order chi connectivity index (χ0) is 7.49. The van der Waals surface area contributed by atoms with Gasteiger partial charge in [-0.3, -0.25) is 0 Å². The van der Waals surface area contributed by atoms with Crippen LogP contribution in [0.2, 0.25) is 0 Å². The van der Waals surface area contributed by atoms with Crippen LogP contribution >= 0.6 is 45.2 Å². The third-order valence-corrected chi connectivity index (χ3v) is 2.47. The van der Waals surface area contributed by atoms with Crippen molar-refractivity contribution in [3.05, 3.63) is 0 Å². The second kappa shape index (κ2) is 4.85. The van der Waals surface area contributed by atoms with E-state index in [4.69, 9.17) is 11.5 Å². The summed E-state index contributed by atoms with van der Waals surface area (Å²) < 4.78 is 0.135. The van der Waals surface area contributed by atoms with Crippen LogP contribution in [0.15, 0.2) is 0 Å². The first kappa shape index (κ1) is 11.1. The summed E-state index contributed by atoms with van der Waals surface area (Å²) in [5, 5.41) is 0. The SMILES string of the molecule is N[CH]([Pt])CCC(N)(I)I. The summed E-state index contributed by atoms with van der Waals surface area (Å²) in [7, 11) is 0. The molecule has 0 aliphatic carbocycles. The van der Waals surface area contributed by atoms with Crippen LogP contribution in [0.5, 0.6) is 0 Å². The number of alkyl halides is 2. The maximum atomic E-state index is 5.70. The van der Waals surface area contributed by atoms with Crippen LogP contribution in [-0.4, -0.2) is 5.98 Å². The molecule has 0 saturated heterocycles. The van der Waals surface area contributed by atoms with Crippen LogP contribution in [0, 0.1) is 0 Å². The zero-order valence-corrected chi connectivity index (χ0v) is 11.3. The third kappa shape index (κ3) is 10.1. The minimum atomic E-state index is -0.112. The van der Waals surface area contributed by atoms with Gasteiger partial charge >= 0.3 is 95.3 Å². The van der Waals surface area contributed by atoms with Crippen molar-refractivity contribution in [3.63, 3.8) is 0 Å². The van der Waals surface area contributed by atoms with E-state index in [0.29, 0.717) is 0 Å². The van der Waals surface area contributed by atoms with Crippen LogP contribution in [0.1, 0.15) is 12.8 Å². The molecule has 0 heterocycles. The standard InChI is InChI=1S/C4H9I2N2.Pt/c5-4(6,8)2-1-3-7;/h3H,1-2,7-8H2;. The molecule has 0 saturated carbocycles. The molecule has 59 valence electrons. The number of hydrogen-bond donors (Lipinski definition) is 2. The molecule has 0 rings (SSSR count). The van der Waals surface area contributed by atoms with Crippen molar-refractivity contribution in [2.75, 3.05) is 0 Å². The van der Waals surface area contributed by atoms with E-state index in [1.54, 1.807) is 0 Å². The van der Waals surface area contributed by atoms with Crippen molar-refractivity contribution < 1.29 is 19.8 Å². The van der Waals surface area contributed by atoms with Gasteiger partial charge in [-0.1, -0.05) is 0 Å². The molecule has 9 heavy (non-hydrogen) atoms. The molecule has 0 aliphatic rings. The molecule has 0 amide bonds. The molecule has 0 radical (unpaired) electrons. The molecule has 4 N–H and O–H groups in total.